The van der Waals surface area contributed by atoms with Crippen molar-refractivity contribution >= 4 is 52.0 Å². The first-order valence-electron chi connectivity index (χ1n) is 10.0. The number of amides is 2. The van der Waals surface area contributed by atoms with Crippen LogP contribution in [0.1, 0.15) is 18.1 Å². The van der Waals surface area contributed by atoms with E-state index in [0.29, 0.717) is 39.3 Å². The van der Waals surface area contributed by atoms with Crippen LogP contribution in [0.5, 0.6) is 5.75 Å². The molecule has 3 aromatic carbocycles. The zero-order valence-electron chi connectivity index (χ0n) is 17.5. The standard InChI is InChI=1S/C25H20Cl2N2O3/c1-3-32-19-7-4-6-18(14-19)29-24(30)22(16-10-12-17(26)13-11-16)23(25(29)31)28-21-9-5-8-20(27)15(21)2/h4-14,28H,3H2,1-2H3. The Kier molecular flexibility index (Phi) is 6.21. The smallest absolute Gasteiger partial charge is 0.282 e. The molecule has 3 aromatic rings. The van der Waals surface area contributed by atoms with Crippen molar-refractivity contribution in [2.24, 2.45) is 0 Å². The minimum Gasteiger partial charge on any atom is -0.494 e. The highest BCUT2D eigenvalue weighted by atomic mass is 35.5. The van der Waals surface area contributed by atoms with Crippen LogP contribution in [0.4, 0.5) is 11.4 Å². The Morgan fingerprint density at radius 3 is 2.38 bits per heavy atom. The minimum atomic E-state index is -0.465. The number of nitrogens with zero attached hydrogens (tertiary/aromatic N) is 1. The predicted molar refractivity (Wildman–Crippen MR) is 128 cm³/mol. The number of hydrogen-bond donors (Lipinski definition) is 1. The number of carbonyl (C=O) groups excluding carboxylic acids is 2. The molecule has 2 amide bonds. The molecule has 1 aliphatic rings. The molecule has 1 N–H and O–H groups in total. The second-order valence-electron chi connectivity index (χ2n) is 7.17. The van der Waals surface area contributed by atoms with Gasteiger partial charge in [0.05, 0.1) is 17.9 Å². The lowest BCUT2D eigenvalue weighted by atomic mass is 10.0. The summed E-state index contributed by atoms with van der Waals surface area (Å²) in [4.78, 5) is 28.2. The Morgan fingerprint density at radius 1 is 0.938 bits per heavy atom. The first-order chi connectivity index (χ1) is 15.4. The van der Waals surface area contributed by atoms with Gasteiger partial charge in [0, 0.05) is 21.8 Å². The topological polar surface area (TPSA) is 58.6 Å². The van der Waals surface area contributed by atoms with E-state index in [-0.39, 0.29) is 11.3 Å². The van der Waals surface area contributed by atoms with Gasteiger partial charge in [0.15, 0.2) is 0 Å². The number of rotatable bonds is 6. The van der Waals surface area contributed by atoms with Gasteiger partial charge >= 0.3 is 0 Å². The highest BCUT2D eigenvalue weighted by Gasteiger charge is 2.40. The Labute approximate surface area is 196 Å². The van der Waals surface area contributed by atoms with Crippen LogP contribution in [0.15, 0.2) is 72.4 Å². The Hall–Kier alpha value is -3.28. The molecule has 0 unspecified atom stereocenters. The lowest BCUT2D eigenvalue weighted by Crippen LogP contribution is -2.32. The zero-order valence-corrected chi connectivity index (χ0v) is 19.0. The van der Waals surface area contributed by atoms with E-state index in [1.807, 2.05) is 19.9 Å². The third-order valence-corrected chi connectivity index (χ3v) is 5.79. The number of ether oxygens (including phenoxy) is 1. The SMILES string of the molecule is CCOc1cccc(N2C(=O)C(Nc3cccc(Cl)c3C)=C(c3ccc(Cl)cc3)C2=O)c1. The highest BCUT2D eigenvalue weighted by molar-refractivity contribution is 6.46. The van der Waals surface area contributed by atoms with E-state index in [2.05, 4.69) is 5.32 Å². The molecule has 0 aromatic heterocycles. The zero-order chi connectivity index (χ0) is 22.8. The second kappa shape index (κ2) is 9.07. The Morgan fingerprint density at radius 2 is 1.66 bits per heavy atom. The molecule has 0 fully saturated rings. The molecule has 4 rings (SSSR count). The van der Waals surface area contributed by atoms with Gasteiger partial charge in [-0.15, -0.1) is 0 Å². The van der Waals surface area contributed by atoms with Gasteiger partial charge in [-0.1, -0.05) is 47.5 Å². The van der Waals surface area contributed by atoms with E-state index in [9.17, 15) is 9.59 Å². The van der Waals surface area contributed by atoms with Crippen LogP contribution >= 0.6 is 23.2 Å². The normalized spacial score (nSPS) is 13.7. The summed E-state index contributed by atoms with van der Waals surface area (Å²) >= 11 is 12.3. The summed E-state index contributed by atoms with van der Waals surface area (Å²) in [6.45, 7) is 4.19. The maximum atomic E-state index is 13.5. The first-order valence-corrected chi connectivity index (χ1v) is 10.8. The Balaban J connectivity index is 1.82. The third kappa shape index (κ3) is 4.09. The molecule has 5 nitrogen and oxygen atoms in total. The number of carbonyl (C=O) groups is 2. The van der Waals surface area contributed by atoms with Gasteiger partial charge in [0.1, 0.15) is 11.4 Å². The van der Waals surface area contributed by atoms with E-state index in [0.717, 1.165) is 10.5 Å². The lowest BCUT2D eigenvalue weighted by Gasteiger charge is -2.17. The fourth-order valence-electron chi connectivity index (χ4n) is 3.52. The van der Waals surface area contributed by atoms with Gasteiger partial charge in [-0.25, -0.2) is 4.90 Å². The van der Waals surface area contributed by atoms with Crippen molar-refractivity contribution in [1.82, 2.24) is 0 Å². The fraction of sp³-hybridized carbons (Fsp3) is 0.120. The van der Waals surface area contributed by atoms with Gasteiger partial charge in [0.2, 0.25) is 0 Å². The number of nitrogens with one attached hydrogen (secondary N) is 1. The molecule has 0 spiro atoms. The summed E-state index contributed by atoms with van der Waals surface area (Å²) < 4.78 is 5.54. The van der Waals surface area contributed by atoms with Crippen LogP contribution in [0, 0.1) is 6.92 Å². The quantitative estimate of drug-likeness (QED) is 0.446. The summed E-state index contributed by atoms with van der Waals surface area (Å²) in [6.07, 6.45) is 0. The van der Waals surface area contributed by atoms with Crippen molar-refractivity contribution < 1.29 is 14.3 Å². The summed E-state index contributed by atoms with van der Waals surface area (Å²) in [7, 11) is 0. The van der Waals surface area contributed by atoms with Gasteiger partial charge in [-0.3, -0.25) is 9.59 Å². The van der Waals surface area contributed by atoms with Crippen LogP contribution in [-0.2, 0) is 9.59 Å². The molecule has 0 atom stereocenters. The monoisotopic (exact) mass is 466 g/mol. The maximum absolute atomic E-state index is 13.5. The summed E-state index contributed by atoms with van der Waals surface area (Å²) in [5.74, 6) is -0.327. The van der Waals surface area contributed by atoms with E-state index in [1.54, 1.807) is 60.7 Å². The Bertz CT molecular complexity index is 1240. The molecule has 1 heterocycles. The summed E-state index contributed by atoms with van der Waals surface area (Å²) in [5.41, 5.74) is 2.85. The number of anilines is 2. The first kappa shape index (κ1) is 21.9. The number of imide groups is 1. The van der Waals surface area contributed by atoms with Crippen molar-refractivity contribution in [3.8, 4) is 5.75 Å². The van der Waals surface area contributed by atoms with Crippen LogP contribution in [0.25, 0.3) is 5.57 Å². The van der Waals surface area contributed by atoms with Crippen LogP contribution < -0.4 is 15.0 Å². The lowest BCUT2D eigenvalue weighted by molar-refractivity contribution is -0.120. The van der Waals surface area contributed by atoms with E-state index in [4.69, 9.17) is 27.9 Å². The van der Waals surface area contributed by atoms with Gasteiger partial charge < -0.3 is 10.1 Å². The number of benzene rings is 3. The summed E-state index contributed by atoms with van der Waals surface area (Å²) in [6, 6.07) is 19.1. The van der Waals surface area contributed by atoms with Crippen LogP contribution in [0.2, 0.25) is 10.0 Å². The molecule has 0 saturated heterocycles. The van der Waals surface area contributed by atoms with Gasteiger partial charge in [-0.2, -0.15) is 0 Å². The minimum absolute atomic E-state index is 0.171. The highest BCUT2D eigenvalue weighted by Crippen LogP contribution is 2.36. The van der Waals surface area contributed by atoms with Crippen molar-refractivity contribution in [2.45, 2.75) is 13.8 Å². The second-order valence-corrected chi connectivity index (χ2v) is 8.01. The molecule has 0 aliphatic carbocycles. The molecule has 0 radical (unpaired) electrons. The van der Waals surface area contributed by atoms with Crippen molar-refractivity contribution in [3.05, 3.63) is 93.6 Å². The average molecular weight is 467 g/mol. The third-order valence-electron chi connectivity index (χ3n) is 5.13. The van der Waals surface area contributed by atoms with Gasteiger partial charge in [-0.05, 0) is 61.4 Å². The maximum Gasteiger partial charge on any atom is 0.282 e. The molecular formula is C25H20Cl2N2O3. The van der Waals surface area contributed by atoms with E-state index in [1.165, 1.54) is 0 Å². The molecular weight excluding hydrogens is 447 g/mol. The molecule has 0 saturated carbocycles. The van der Waals surface area contributed by atoms with Crippen LogP contribution in [-0.4, -0.2) is 18.4 Å². The van der Waals surface area contributed by atoms with Crippen molar-refractivity contribution in [1.29, 1.82) is 0 Å². The van der Waals surface area contributed by atoms with Crippen molar-refractivity contribution in [2.75, 3.05) is 16.8 Å². The molecule has 0 bridgehead atoms. The molecule has 162 valence electrons. The molecule has 1 aliphatic heterocycles. The summed E-state index contributed by atoms with van der Waals surface area (Å²) in [5, 5.41) is 4.24. The molecule has 7 heteroatoms. The predicted octanol–water partition coefficient (Wildman–Crippen LogP) is 6.10. The van der Waals surface area contributed by atoms with Crippen molar-refractivity contribution in [3.63, 3.8) is 0 Å². The van der Waals surface area contributed by atoms with E-state index >= 15 is 0 Å². The van der Waals surface area contributed by atoms with E-state index < -0.39 is 11.8 Å². The fourth-order valence-corrected chi connectivity index (χ4v) is 3.82. The number of halogens is 2. The average Bonchev–Trinajstić information content (AvgIpc) is 3.02. The molecule has 32 heavy (non-hydrogen) atoms. The number of hydrogen-bond acceptors (Lipinski definition) is 4. The largest absolute Gasteiger partial charge is 0.494 e. The van der Waals surface area contributed by atoms with Crippen LogP contribution in [0.3, 0.4) is 0 Å². The van der Waals surface area contributed by atoms with Gasteiger partial charge in [0.25, 0.3) is 11.8 Å².